The molecule has 19 heavy (non-hydrogen) atoms. The maximum atomic E-state index is 12.0. The van der Waals surface area contributed by atoms with Gasteiger partial charge < -0.3 is 20.1 Å². The molecule has 0 saturated heterocycles. The third-order valence-corrected chi connectivity index (χ3v) is 2.73. The normalized spacial score (nSPS) is 10.2. The van der Waals surface area contributed by atoms with Crippen LogP contribution >= 0.6 is 0 Å². The summed E-state index contributed by atoms with van der Waals surface area (Å²) in [6.07, 6.45) is 0.314. The number of aliphatic carboxylic acids is 1. The van der Waals surface area contributed by atoms with Crippen LogP contribution in [-0.2, 0) is 11.8 Å². The van der Waals surface area contributed by atoms with Crippen LogP contribution in [0.4, 0.5) is 5.82 Å². The van der Waals surface area contributed by atoms with Crippen LogP contribution in [0, 0.1) is 10.1 Å². The molecule has 0 saturated carbocycles. The van der Waals surface area contributed by atoms with Gasteiger partial charge in [-0.05, 0) is 17.4 Å². The smallest absolute Gasteiger partial charge is 0.323 e. The van der Waals surface area contributed by atoms with Gasteiger partial charge in [0.1, 0.15) is 0 Å². The molecule has 0 bridgehead atoms. The van der Waals surface area contributed by atoms with Crippen molar-refractivity contribution in [2.45, 2.75) is 12.8 Å². The van der Waals surface area contributed by atoms with Crippen LogP contribution in [0.2, 0.25) is 0 Å². The highest BCUT2D eigenvalue weighted by atomic mass is 16.6. The predicted molar refractivity (Wildman–Crippen MR) is 65.9 cm³/mol. The summed E-state index contributed by atoms with van der Waals surface area (Å²) in [5, 5.41) is 19.2. The van der Waals surface area contributed by atoms with E-state index in [2.05, 4.69) is 0 Å². The van der Waals surface area contributed by atoms with E-state index in [1.54, 1.807) is 0 Å². The van der Waals surface area contributed by atoms with Crippen molar-refractivity contribution in [3.05, 3.63) is 27.9 Å². The van der Waals surface area contributed by atoms with E-state index >= 15 is 0 Å². The number of carboxylic acids is 1. The molecule has 0 spiro atoms. The third kappa shape index (κ3) is 3.54. The van der Waals surface area contributed by atoms with E-state index in [1.165, 1.54) is 35.7 Å². The molecule has 8 nitrogen and oxygen atoms in total. The number of hydrogen-bond acceptors (Lipinski definition) is 4. The Bertz CT molecular complexity index is 508. The number of amides is 1. The van der Waals surface area contributed by atoms with E-state index in [0.717, 1.165) is 0 Å². The van der Waals surface area contributed by atoms with Crippen molar-refractivity contribution < 1.29 is 19.6 Å². The number of nitrogens with zero attached hydrogens (tertiary/aromatic N) is 3. The minimum absolute atomic E-state index is 0.0229. The standard InChI is InChI=1S/C11H15N3O5/c1-12(7-3-4-10(15)16)11(17)8-5-6-9(13(8)2)14(18)19/h5-6H,3-4,7H2,1-2H3,(H,15,16). The van der Waals surface area contributed by atoms with Gasteiger partial charge in [0.25, 0.3) is 5.91 Å². The summed E-state index contributed by atoms with van der Waals surface area (Å²) in [7, 11) is 2.97. The Labute approximate surface area is 109 Å². The van der Waals surface area contributed by atoms with Gasteiger partial charge in [0, 0.05) is 26.1 Å². The van der Waals surface area contributed by atoms with Gasteiger partial charge in [0.05, 0.1) is 7.05 Å². The summed E-state index contributed by atoms with van der Waals surface area (Å²) in [5.41, 5.74) is 0.199. The average molecular weight is 269 g/mol. The first-order chi connectivity index (χ1) is 8.84. The lowest BCUT2D eigenvalue weighted by atomic mass is 10.3. The highest BCUT2D eigenvalue weighted by Crippen LogP contribution is 2.16. The molecule has 1 rings (SSSR count). The monoisotopic (exact) mass is 269 g/mol. The molecule has 0 aliphatic rings. The Hall–Kier alpha value is -2.38. The number of hydrogen-bond donors (Lipinski definition) is 1. The largest absolute Gasteiger partial charge is 0.481 e. The number of rotatable bonds is 6. The van der Waals surface area contributed by atoms with Crippen LogP contribution in [0.1, 0.15) is 23.3 Å². The average Bonchev–Trinajstić information content (AvgIpc) is 2.69. The fraction of sp³-hybridized carbons (Fsp3) is 0.455. The molecule has 8 heteroatoms. The second-order valence-electron chi connectivity index (χ2n) is 4.12. The van der Waals surface area contributed by atoms with E-state index in [4.69, 9.17) is 5.11 Å². The summed E-state index contributed by atoms with van der Waals surface area (Å²) in [5.74, 6) is -1.46. The summed E-state index contributed by atoms with van der Waals surface area (Å²) in [4.78, 5) is 33.8. The van der Waals surface area contributed by atoms with Gasteiger partial charge in [-0.1, -0.05) is 0 Å². The number of carbonyl (C=O) groups is 2. The minimum atomic E-state index is -0.921. The van der Waals surface area contributed by atoms with E-state index in [9.17, 15) is 19.7 Å². The molecule has 1 amide bonds. The third-order valence-electron chi connectivity index (χ3n) is 2.73. The van der Waals surface area contributed by atoms with Crippen molar-refractivity contribution in [1.29, 1.82) is 0 Å². The number of nitro groups is 1. The number of aromatic nitrogens is 1. The van der Waals surface area contributed by atoms with Crippen molar-refractivity contribution in [2.75, 3.05) is 13.6 Å². The summed E-state index contributed by atoms with van der Waals surface area (Å²) < 4.78 is 1.20. The SMILES string of the molecule is CN(CCCC(=O)O)C(=O)c1ccc([N+](=O)[O-])n1C. The molecule has 104 valence electrons. The Kier molecular flexibility index (Phi) is 4.62. The summed E-state index contributed by atoms with van der Waals surface area (Å²) in [6.45, 7) is 0.282. The lowest BCUT2D eigenvalue weighted by Crippen LogP contribution is -2.29. The van der Waals surface area contributed by atoms with Gasteiger partial charge in [0.2, 0.25) is 0 Å². The van der Waals surface area contributed by atoms with Gasteiger partial charge in [-0.15, -0.1) is 0 Å². The van der Waals surface area contributed by atoms with Crippen LogP contribution in [0.5, 0.6) is 0 Å². The molecule has 0 unspecified atom stereocenters. The zero-order valence-corrected chi connectivity index (χ0v) is 10.7. The van der Waals surface area contributed by atoms with Crippen molar-refractivity contribution >= 4 is 17.7 Å². The number of carbonyl (C=O) groups excluding carboxylic acids is 1. The second kappa shape index (κ2) is 5.98. The first-order valence-electron chi connectivity index (χ1n) is 5.62. The van der Waals surface area contributed by atoms with Gasteiger partial charge in [-0.2, -0.15) is 0 Å². The van der Waals surface area contributed by atoms with Crippen molar-refractivity contribution in [3.63, 3.8) is 0 Å². The molecular formula is C11H15N3O5. The van der Waals surface area contributed by atoms with Crippen LogP contribution in [-0.4, -0.2) is 45.0 Å². The van der Waals surface area contributed by atoms with Crippen LogP contribution in [0.15, 0.2) is 12.1 Å². The molecule has 1 aromatic rings. The maximum Gasteiger partial charge on any atom is 0.323 e. The summed E-state index contributed by atoms with van der Waals surface area (Å²) >= 11 is 0. The number of carboxylic acid groups (broad SMARTS) is 1. The molecule has 0 fully saturated rings. The highest BCUT2D eigenvalue weighted by Gasteiger charge is 2.23. The highest BCUT2D eigenvalue weighted by molar-refractivity contribution is 5.93. The first-order valence-corrected chi connectivity index (χ1v) is 5.62. The zero-order valence-electron chi connectivity index (χ0n) is 10.7. The molecule has 0 aliphatic heterocycles. The van der Waals surface area contributed by atoms with Crippen LogP contribution in [0.25, 0.3) is 0 Å². The van der Waals surface area contributed by atoms with Crippen molar-refractivity contribution in [1.82, 2.24) is 9.47 Å². The van der Waals surface area contributed by atoms with Gasteiger partial charge in [-0.25, -0.2) is 4.57 Å². The van der Waals surface area contributed by atoms with E-state index in [-0.39, 0.29) is 30.4 Å². The summed E-state index contributed by atoms with van der Waals surface area (Å²) in [6, 6.07) is 2.65. The van der Waals surface area contributed by atoms with Crippen LogP contribution < -0.4 is 0 Å². The molecule has 0 aliphatic carbocycles. The topological polar surface area (TPSA) is 106 Å². The molecular weight excluding hydrogens is 254 g/mol. The Balaban J connectivity index is 2.72. The fourth-order valence-electron chi connectivity index (χ4n) is 1.66. The minimum Gasteiger partial charge on any atom is -0.481 e. The quantitative estimate of drug-likeness (QED) is 0.609. The van der Waals surface area contributed by atoms with Gasteiger partial charge in [-0.3, -0.25) is 9.59 Å². The lowest BCUT2D eigenvalue weighted by Gasteiger charge is -2.15. The molecule has 0 radical (unpaired) electrons. The van der Waals surface area contributed by atoms with Crippen LogP contribution in [0.3, 0.4) is 0 Å². The van der Waals surface area contributed by atoms with Crippen molar-refractivity contribution in [2.24, 2.45) is 7.05 Å². The van der Waals surface area contributed by atoms with E-state index in [1.807, 2.05) is 0 Å². The van der Waals surface area contributed by atoms with Gasteiger partial charge in [0.15, 0.2) is 5.69 Å². The van der Waals surface area contributed by atoms with E-state index in [0.29, 0.717) is 6.42 Å². The first kappa shape index (κ1) is 14.7. The second-order valence-corrected chi connectivity index (χ2v) is 4.12. The Morgan fingerprint density at radius 1 is 1.47 bits per heavy atom. The molecule has 1 heterocycles. The zero-order chi connectivity index (χ0) is 14.6. The van der Waals surface area contributed by atoms with E-state index < -0.39 is 10.9 Å². The molecule has 1 aromatic heterocycles. The molecule has 0 atom stereocenters. The Morgan fingerprint density at radius 3 is 2.58 bits per heavy atom. The lowest BCUT2D eigenvalue weighted by molar-refractivity contribution is -0.391. The predicted octanol–water partition coefficient (Wildman–Crippen LogP) is 0.870. The van der Waals surface area contributed by atoms with Gasteiger partial charge >= 0.3 is 11.8 Å². The Morgan fingerprint density at radius 2 is 2.11 bits per heavy atom. The van der Waals surface area contributed by atoms with Crippen molar-refractivity contribution in [3.8, 4) is 0 Å². The maximum absolute atomic E-state index is 12.0. The molecule has 0 aromatic carbocycles. The molecule has 1 N–H and O–H groups in total. The fourth-order valence-corrected chi connectivity index (χ4v) is 1.66.